The van der Waals surface area contributed by atoms with Crippen molar-refractivity contribution in [2.24, 2.45) is 0 Å². The van der Waals surface area contributed by atoms with Crippen LogP contribution in [-0.4, -0.2) is 28.6 Å². The second kappa shape index (κ2) is 8.82. The van der Waals surface area contributed by atoms with E-state index in [1.807, 2.05) is 27.7 Å². The summed E-state index contributed by atoms with van der Waals surface area (Å²) in [7, 11) is 0. The third-order valence-corrected chi connectivity index (χ3v) is 3.66. The molecule has 0 saturated heterocycles. The highest BCUT2D eigenvalue weighted by Crippen LogP contribution is 2.13. The molecule has 0 heterocycles. The lowest BCUT2D eigenvalue weighted by Gasteiger charge is -2.24. The van der Waals surface area contributed by atoms with E-state index in [-0.39, 0.29) is 10.8 Å². The molecule has 2 atom stereocenters. The Kier molecular flexibility index (Phi) is 8.71. The Morgan fingerprint density at radius 2 is 2.06 bits per heavy atom. The van der Waals surface area contributed by atoms with Gasteiger partial charge in [0.1, 0.15) is 17.4 Å². The van der Waals surface area contributed by atoms with E-state index in [0.29, 0.717) is 6.61 Å². The van der Waals surface area contributed by atoms with E-state index in [1.165, 1.54) is 0 Å². The Hall–Kier alpha value is -0.210. The standard InChI is InChI=1S/C13H25NO2S/c1-6-7-10-16-11-8-9-12(2)14-17(15)13(3,4)5/h12,14H,6-7,10-11H2,1-5H3/t12-,17-/m1/s1. The van der Waals surface area contributed by atoms with Crippen molar-refractivity contribution >= 4 is 11.4 Å². The first-order valence-corrected chi connectivity index (χ1v) is 7.27. The zero-order chi connectivity index (χ0) is 13.3. The summed E-state index contributed by atoms with van der Waals surface area (Å²) < 4.78 is 19.8. The number of unbranched alkanes of at least 4 members (excludes halogenated alkanes) is 1. The average Bonchev–Trinajstić information content (AvgIpc) is 2.21. The molecule has 0 aromatic rings. The Morgan fingerprint density at radius 3 is 2.59 bits per heavy atom. The molecule has 17 heavy (non-hydrogen) atoms. The summed E-state index contributed by atoms with van der Waals surface area (Å²) in [6.45, 7) is 11.1. The van der Waals surface area contributed by atoms with Gasteiger partial charge in [-0.1, -0.05) is 25.2 Å². The Balaban J connectivity index is 3.78. The first kappa shape index (κ1) is 16.8. The second-order valence-corrected chi connectivity index (χ2v) is 6.95. The van der Waals surface area contributed by atoms with E-state index >= 15 is 0 Å². The van der Waals surface area contributed by atoms with Crippen LogP contribution >= 0.6 is 0 Å². The molecule has 100 valence electrons. The van der Waals surface area contributed by atoms with Gasteiger partial charge in [0.05, 0.1) is 0 Å². The van der Waals surface area contributed by atoms with Crippen molar-refractivity contribution in [3.8, 4) is 11.8 Å². The summed E-state index contributed by atoms with van der Waals surface area (Å²) in [5, 5.41) is 0. The minimum Gasteiger partial charge on any atom is -0.598 e. The molecule has 0 rings (SSSR count). The van der Waals surface area contributed by atoms with Crippen LogP contribution in [0.5, 0.6) is 0 Å². The van der Waals surface area contributed by atoms with Crippen LogP contribution in [-0.2, 0) is 16.1 Å². The van der Waals surface area contributed by atoms with E-state index in [4.69, 9.17) is 4.74 Å². The van der Waals surface area contributed by atoms with Gasteiger partial charge in [0.2, 0.25) is 0 Å². The van der Waals surface area contributed by atoms with Gasteiger partial charge < -0.3 is 9.29 Å². The van der Waals surface area contributed by atoms with Gasteiger partial charge in [0.15, 0.2) is 0 Å². The fourth-order valence-corrected chi connectivity index (χ4v) is 1.66. The summed E-state index contributed by atoms with van der Waals surface area (Å²) in [5.74, 6) is 5.92. The number of nitrogens with one attached hydrogen (secondary N) is 1. The van der Waals surface area contributed by atoms with Gasteiger partial charge in [-0.05, 0) is 34.1 Å². The lowest BCUT2D eigenvalue weighted by atomic mass is 10.3. The van der Waals surface area contributed by atoms with Crippen molar-refractivity contribution in [2.45, 2.75) is 58.2 Å². The van der Waals surface area contributed by atoms with E-state index in [0.717, 1.165) is 19.4 Å². The number of hydrogen-bond acceptors (Lipinski definition) is 3. The first-order chi connectivity index (χ1) is 7.88. The number of hydrogen-bond donors (Lipinski definition) is 1. The monoisotopic (exact) mass is 259 g/mol. The van der Waals surface area contributed by atoms with E-state index < -0.39 is 11.4 Å². The molecule has 0 aliphatic heterocycles. The minimum atomic E-state index is -1.07. The van der Waals surface area contributed by atoms with Crippen molar-refractivity contribution < 1.29 is 9.29 Å². The van der Waals surface area contributed by atoms with Gasteiger partial charge in [-0.15, -0.1) is 4.72 Å². The van der Waals surface area contributed by atoms with Crippen LogP contribution in [0.4, 0.5) is 0 Å². The molecular weight excluding hydrogens is 234 g/mol. The molecule has 0 aromatic carbocycles. The van der Waals surface area contributed by atoms with E-state index in [2.05, 4.69) is 23.5 Å². The third-order valence-electron chi connectivity index (χ3n) is 1.98. The first-order valence-electron chi connectivity index (χ1n) is 6.12. The molecule has 1 N–H and O–H groups in total. The van der Waals surface area contributed by atoms with Crippen LogP contribution in [0.1, 0.15) is 47.5 Å². The van der Waals surface area contributed by atoms with E-state index in [9.17, 15) is 4.55 Å². The van der Waals surface area contributed by atoms with Crippen molar-refractivity contribution in [1.29, 1.82) is 0 Å². The maximum Gasteiger partial charge on any atom is 0.136 e. The Bertz CT molecular complexity index is 252. The number of ether oxygens (including phenoxy) is 1. The molecule has 0 saturated carbocycles. The molecule has 4 heteroatoms. The fraction of sp³-hybridized carbons (Fsp3) is 0.846. The lowest BCUT2D eigenvalue weighted by Crippen LogP contribution is -2.43. The predicted octanol–water partition coefficient (Wildman–Crippen LogP) is 2.25. The Morgan fingerprint density at radius 1 is 1.41 bits per heavy atom. The largest absolute Gasteiger partial charge is 0.598 e. The smallest absolute Gasteiger partial charge is 0.136 e. The summed E-state index contributed by atoms with van der Waals surface area (Å²) in [5.41, 5.74) is 0. The van der Waals surface area contributed by atoms with Crippen molar-refractivity contribution in [3.05, 3.63) is 0 Å². The third kappa shape index (κ3) is 9.49. The summed E-state index contributed by atoms with van der Waals surface area (Å²) in [4.78, 5) is 0. The van der Waals surface area contributed by atoms with Crippen LogP contribution in [0.3, 0.4) is 0 Å². The van der Waals surface area contributed by atoms with Gasteiger partial charge in [-0.3, -0.25) is 0 Å². The van der Waals surface area contributed by atoms with Crippen molar-refractivity contribution in [1.82, 2.24) is 4.72 Å². The van der Waals surface area contributed by atoms with Crippen molar-refractivity contribution in [2.75, 3.05) is 13.2 Å². The summed E-state index contributed by atoms with van der Waals surface area (Å²) >= 11 is -1.07. The molecule has 0 amide bonds. The van der Waals surface area contributed by atoms with E-state index in [1.54, 1.807) is 0 Å². The SMILES string of the molecule is CCCCOCC#C[C@@H](C)N[S@+]([O-])C(C)(C)C. The lowest BCUT2D eigenvalue weighted by molar-refractivity contribution is 0.163. The normalized spacial score (nSPS) is 14.9. The van der Waals surface area contributed by atoms with Crippen LogP contribution in [0, 0.1) is 11.8 Å². The van der Waals surface area contributed by atoms with Gasteiger partial charge in [-0.25, -0.2) is 0 Å². The Labute approximate surface area is 109 Å². The average molecular weight is 259 g/mol. The van der Waals surface area contributed by atoms with Crippen LogP contribution < -0.4 is 4.72 Å². The zero-order valence-electron chi connectivity index (χ0n) is 11.6. The molecule has 0 bridgehead atoms. The van der Waals surface area contributed by atoms with Crippen LogP contribution in [0.15, 0.2) is 0 Å². The highest BCUT2D eigenvalue weighted by Gasteiger charge is 2.27. The van der Waals surface area contributed by atoms with Gasteiger partial charge >= 0.3 is 0 Å². The summed E-state index contributed by atoms with van der Waals surface area (Å²) in [6, 6.07) is -0.0789. The number of rotatable bonds is 6. The molecule has 0 spiro atoms. The molecule has 0 aromatic heterocycles. The maximum absolute atomic E-state index is 11.8. The van der Waals surface area contributed by atoms with Gasteiger partial charge in [0, 0.05) is 18.0 Å². The molecule has 0 aliphatic rings. The van der Waals surface area contributed by atoms with Gasteiger partial charge in [-0.2, -0.15) is 0 Å². The fourth-order valence-electron chi connectivity index (χ4n) is 0.931. The van der Waals surface area contributed by atoms with Crippen molar-refractivity contribution in [3.63, 3.8) is 0 Å². The second-order valence-electron chi connectivity index (χ2n) is 4.95. The van der Waals surface area contributed by atoms with Gasteiger partial charge in [0.25, 0.3) is 0 Å². The zero-order valence-corrected chi connectivity index (χ0v) is 12.4. The molecular formula is C13H25NO2S. The molecule has 0 radical (unpaired) electrons. The van der Waals surface area contributed by atoms with Crippen LogP contribution in [0.25, 0.3) is 0 Å². The molecule has 0 fully saturated rings. The molecule has 0 unspecified atom stereocenters. The predicted molar refractivity (Wildman–Crippen MR) is 74.0 cm³/mol. The molecule has 0 aliphatic carbocycles. The van der Waals surface area contributed by atoms with Crippen LogP contribution in [0.2, 0.25) is 0 Å². The highest BCUT2D eigenvalue weighted by molar-refractivity contribution is 7.90. The highest BCUT2D eigenvalue weighted by atomic mass is 32.2. The minimum absolute atomic E-state index is 0.0789. The maximum atomic E-state index is 11.8. The quantitative estimate of drug-likeness (QED) is 0.452. The molecule has 3 nitrogen and oxygen atoms in total. The topological polar surface area (TPSA) is 44.3 Å². The summed E-state index contributed by atoms with van der Waals surface area (Å²) in [6.07, 6.45) is 2.21.